The first kappa shape index (κ1) is 21.8. The topological polar surface area (TPSA) is 88.6 Å². The van der Waals surface area contributed by atoms with Crippen molar-refractivity contribution in [2.24, 2.45) is 5.92 Å². The standard InChI is InChI=1S/C23H33N5O3/c1-15-11-20-17(7-10-31-20)12-19(15)22(29)28(18-5-4-8-24-13-18)21-6-9-25-23(27-21)26-16(2)14-30-3/h6,9,12,15-16,18,24H,4-5,7-8,10-11,13-14H2,1-3H3,(H,25,26,27). The molecular formula is C23H33N5O3. The van der Waals surface area contributed by atoms with Gasteiger partial charge in [-0.2, -0.15) is 4.98 Å². The second-order valence-corrected chi connectivity index (χ2v) is 8.67. The molecule has 3 atom stereocenters. The van der Waals surface area contributed by atoms with E-state index in [0.29, 0.717) is 25.0 Å². The van der Waals surface area contributed by atoms with E-state index < -0.39 is 0 Å². The molecule has 1 amide bonds. The smallest absolute Gasteiger partial charge is 0.255 e. The molecule has 0 spiro atoms. The van der Waals surface area contributed by atoms with E-state index in [-0.39, 0.29) is 23.9 Å². The van der Waals surface area contributed by atoms with E-state index in [1.54, 1.807) is 13.3 Å². The summed E-state index contributed by atoms with van der Waals surface area (Å²) in [5.74, 6) is 2.34. The van der Waals surface area contributed by atoms with Crippen LogP contribution in [0.2, 0.25) is 0 Å². The highest BCUT2D eigenvalue weighted by molar-refractivity contribution is 6.06. The number of rotatable bonds is 7. The normalized spacial score (nSPS) is 24.2. The molecule has 0 bridgehead atoms. The number of nitrogens with zero attached hydrogens (tertiary/aromatic N) is 3. The Morgan fingerprint density at radius 2 is 2.35 bits per heavy atom. The summed E-state index contributed by atoms with van der Waals surface area (Å²) in [5.41, 5.74) is 2.01. The Morgan fingerprint density at radius 3 is 3.13 bits per heavy atom. The van der Waals surface area contributed by atoms with E-state index in [9.17, 15) is 4.79 Å². The van der Waals surface area contributed by atoms with Gasteiger partial charge in [-0.25, -0.2) is 4.98 Å². The number of methoxy groups -OCH3 is 1. The van der Waals surface area contributed by atoms with Crippen LogP contribution < -0.4 is 15.5 Å². The van der Waals surface area contributed by atoms with Gasteiger partial charge in [-0.15, -0.1) is 0 Å². The number of allylic oxidation sites excluding steroid dienone is 2. The lowest BCUT2D eigenvalue weighted by atomic mass is 9.87. The van der Waals surface area contributed by atoms with Gasteiger partial charge >= 0.3 is 0 Å². The quantitative estimate of drug-likeness (QED) is 0.692. The summed E-state index contributed by atoms with van der Waals surface area (Å²) in [5, 5.41) is 6.70. The molecule has 3 unspecified atom stereocenters. The fourth-order valence-corrected chi connectivity index (χ4v) is 4.56. The average Bonchev–Trinajstić information content (AvgIpc) is 3.21. The number of nitrogens with one attached hydrogen (secondary N) is 2. The highest BCUT2D eigenvalue weighted by atomic mass is 16.5. The second-order valence-electron chi connectivity index (χ2n) is 8.67. The molecule has 3 aliphatic rings. The Bertz CT molecular complexity index is 863. The Kier molecular flexibility index (Phi) is 6.87. The maximum absolute atomic E-state index is 13.9. The molecule has 0 radical (unpaired) electrons. The first-order valence-electron chi connectivity index (χ1n) is 11.3. The van der Waals surface area contributed by atoms with Crippen molar-refractivity contribution in [3.05, 3.63) is 35.2 Å². The van der Waals surface area contributed by atoms with E-state index in [1.165, 1.54) is 5.57 Å². The molecule has 31 heavy (non-hydrogen) atoms. The molecule has 1 fully saturated rings. The number of ether oxygens (including phenoxy) is 2. The van der Waals surface area contributed by atoms with Crippen molar-refractivity contribution in [3.8, 4) is 0 Å². The summed E-state index contributed by atoms with van der Waals surface area (Å²) in [4.78, 5) is 24.8. The van der Waals surface area contributed by atoms with Crippen LogP contribution in [-0.2, 0) is 14.3 Å². The molecule has 8 nitrogen and oxygen atoms in total. The lowest BCUT2D eigenvalue weighted by Crippen LogP contribution is -2.50. The molecule has 168 valence electrons. The molecule has 2 N–H and O–H groups in total. The maximum Gasteiger partial charge on any atom is 0.255 e. The third-order valence-electron chi connectivity index (χ3n) is 6.14. The van der Waals surface area contributed by atoms with E-state index in [1.807, 2.05) is 17.9 Å². The highest BCUT2D eigenvalue weighted by Gasteiger charge is 2.35. The number of carbonyl (C=O) groups excluding carboxylic acids is 1. The monoisotopic (exact) mass is 427 g/mol. The van der Waals surface area contributed by atoms with Gasteiger partial charge in [0, 0.05) is 44.3 Å². The van der Waals surface area contributed by atoms with E-state index in [2.05, 4.69) is 28.6 Å². The highest BCUT2D eigenvalue weighted by Crippen LogP contribution is 2.36. The van der Waals surface area contributed by atoms with Gasteiger partial charge in [0.1, 0.15) is 5.82 Å². The minimum atomic E-state index is 0.0363. The fourth-order valence-electron chi connectivity index (χ4n) is 4.56. The minimum Gasteiger partial charge on any atom is -0.497 e. The van der Waals surface area contributed by atoms with Crippen LogP contribution in [-0.4, -0.2) is 61.4 Å². The number of hydrogen-bond acceptors (Lipinski definition) is 7. The summed E-state index contributed by atoms with van der Waals surface area (Å²) in [6.07, 6.45) is 7.42. The Morgan fingerprint density at radius 1 is 1.48 bits per heavy atom. The molecule has 1 aromatic heterocycles. The number of hydrogen-bond donors (Lipinski definition) is 2. The van der Waals surface area contributed by atoms with Crippen LogP contribution in [0.5, 0.6) is 0 Å². The summed E-state index contributed by atoms with van der Waals surface area (Å²) >= 11 is 0. The van der Waals surface area contributed by atoms with Crippen LogP contribution in [0.15, 0.2) is 35.2 Å². The summed E-state index contributed by atoms with van der Waals surface area (Å²) in [6, 6.07) is 1.95. The van der Waals surface area contributed by atoms with Gasteiger partial charge in [0.15, 0.2) is 0 Å². The summed E-state index contributed by atoms with van der Waals surface area (Å²) in [6.45, 7) is 7.12. The van der Waals surface area contributed by atoms with Gasteiger partial charge in [-0.3, -0.25) is 9.69 Å². The molecule has 8 heteroatoms. The fraction of sp³-hybridized carbons (Fsp3) is 0.609. The number of amides is 1. The van der Waals surface area contributed by atoms with E-state index in [4.69, 9.17) is 14.5 Å². The third kappa shape index (κ3) is 4.91. The molecule has 1 aromatic rings. The zero-order chi connectivity index (χ0) is 21.8. The second kappa shape index (κ2) is 9.78. The van der Waals surface area contributed by atoms with Gasteiger partial charge in [0.2, 0.25) is 5.95 Å². The summed E-state index contributed by atoms with van der Waals surface area (Å²) < 4.78 is 10.9. The molecule has 1 aliphatic carbocycles. The SMILES string of the molecule is COCC(C)Nc1nccc(N(C(=O)C2=CC3=C(CC2C)OCC3)C2CCCNC2)n1. The third-order valence-corrected chi connectivity index (χ3v) is 6.14. The van der Waals surface area contributed by atoms with Crippen LogP contribution in [0.4, 0.5) is 11.8 Å². The van der Waals surface area contributed by atoms with Gasteiger partial charge in [0.05, 0.1) is 25.0 Å². The van der Waals surface area contributed by atoms with Crippen molar-refractivity contribution in [3.63, 3.8) is 0 Å². The van der Waals surface area contributed by atoms with E-state index >= 15 is 0 Å². The molecule has 1 saturated heterocycles. The molecule has 0 aromatic carbocycles. The number of carbonyl (C=O) groups is 1. The molecule has 2 aliphatic heterocycles. The van der Waals surface area contributed by atoms with Crippen LogP contribution >= 0.6 is 0 Å². The van der Waals surface area contributed by atoms with Gasteiger partial charge < -0.3 is 20.1 Å². The predicted molar refractivity (Wildman–Crippen MR) is 120 cm³/mol. The molecule has 3 heterocycles. The first-order chi connectivity index (χ1) is 15.1. The van der Waals surface area contributed by atoms with E-state index in [0.717, 1.165) is 50.1 Å². The van der Waals surface area contributed by atoms with Crippen molar-refractivity contribution in [2.75, 3.05) is 43.6 Å². The van der Waals surface area contributed by atoms with Gasteiger partial charge in [0.25, 0.3) is 5.91 Å². The average molecular weight is 428 g/mol. The number of anilines is 2. The Hall–Kier alpha value is -2.45. The zero-order valence-electron chi connectivity index (χ0n) is 18.7. The van der Waals surface area contributed by atoms with Gasteiger partial charge in [-0.1, -0.05) is 6.92 Å². The zero-order valence-corrected chi connectivity index (χ0v) is 18.7. The summed E-state index contributed by atoms with van der Waals surface area (Å²) in [7, 11) is 1.67. The Labute approximate surface area is 184 Å². The van der Waals surface area contributed by atoms with Crippen molar-refractivity contribution in [1.82, 2.24) is 15.3 Å². The lowest BCUT2D eigenvalue weighted by molar-refractivity contribution is -0.116. The van der Waals surface area contributed by atoms with Crippen LogP contribution in [0.25, 0.3) is 0 Å². The van der Waals surface area contributed by atoms with Crippen molar-refractivity contribution >= 4 is 17.7 Å². The largest absolute Gasteiger partial charge is 0.497 e. The van der Waals surface area contributed by atoms with Gasteiger partial charge in [-0.05, 0) is 49.9 Å². The van der Waals surface area contributed by atoms with Crippen LogP contribution in [0.3, 0.4) is 0 Å². The van der Waals surface area contributed by atoms with Crippen LogP contribution in [0.1, 0.15) is 39.5 Å². The molecular weight excluding hydrogens is 394 g/mol. The number of piperidine rings is 1. The van der Waals surface area contributed by atoms with Crippen molar-refractivity contribution < 1.29 is 14.3 Å². The molecule has 0 saturated carbocycles. The van der Waals surface area contributed by atoms with Crippen molar-refractivity contribution in [2.45, 2.75) is 51.6 Å². The number of aromatic nitrogens is 2. The van der Waals surface area contributed by atoms with Crippen LogP contribution in [0, 0.1) is 5.92 Å². The van der Waals surface area contributed by atoms with Crippen molar-refractivity contribution in [1.29, 1.82) is 0 Å². The maximum atomic E-state index is 13.9. The Balaban J connectivity index is 1.64. The lowest BCUT2D eigenvalue weighted by Gasteiger charge is -2.36. The molecule has 4 rings (SSSR count). The predicted octanol–water partition coefficient (Wildman–Crippen LogP) is 2.65. The minimum absolute atomic E-state index is 0.0363. The first-order valence-corrected chi connectivity index (χ1v) is 11.3.